The fourth-order valence-corrected chi connectivity index (χ4v) is 3.65. The van der Waals surface area contributed by atoms with Crippen LogP contribution in [0.25, 0.3) is 0 Å². The lowest BCUT2D eigenvalue weighted by molar-refractivity contribution is -0.121. The van der Waals surface area contributed by atoms with Crippen molar-refractivity contribution in [2.75, 3.05) is 23.7 Å². The summed E-state index contributed by atoms with van der Waals surface area (Å²) in [4.78, 5) is 26.6. The van der Waals surface area contributed by atoms with E-state index in [1.807, 2.05) is 18.2 Å². The summed E-state index contributed by atoms with van der Waals surface area (Å²) >= 11 is 0. The molecule has 0 aliphatic carbocycles. The van der Waals surface area contributed by atoms with Gasteiger partial charge in [0.15, 0.2) is 0 Å². The third kappa shape index (κ3) is 5.08. The van der Waals surface area contributed by atoms with E-state index in [0.717, 1.165) is 0 Å². The van der Waals surface area contributed by atoms with E-state index < -0.39 is 10.0 Å². The smallest absolute Gasteiger partial charge is 0.321 e. The van der Waals surface area contributed by atoms with Gasteiger partial charge in [0.05, 0.1) is 10.8 Å². The first-order chi connectivity index (χ1) is 13.3. The standard InChI is InChI=1S/C19H22N4O4S/c20-28(26,27)17-10-4-9-16(12-17)21-18(24)14-6-5-11-23(13-14)19(25)22-15-7-2-1-3-8-15/h1-4,7-10,12,14H,5-6,11,13H2,(H,21,24)(H,22,25)(H2,20,26,27)/t14-/m1/s1. The highest BCUT2D eigenvalue weighted by molar-refractivity contribution is 7.89. The molecule has 3 rings (SSSR count). The summed E-state index contributed by atoms with van der Waals surface area (Å²) in [7, 11) is -3.85. The molecule has 4 N–H and O–H groups in total. The van der Waals surface area contributed by atoms with Crippen LogP contribution in [-0.2, 0) is 14.8 Å². The van der Waals surface area contributed by atoms with Gasteiger partial charge < -0.3 is 15.5 Å². The zero-order chi connectivity index (χ0) is 20.1. The van der Waals surface area contributed by atoms with Crippen molar-refractivity contribution in [1.82, 2.24) is 4.90 Å². The molecular weight excluding hydrogens is 380 g/mol. The van der Waals surface area contributed by atoms with Gasteiger partial charge >= 0.3 is 6.03 Å². The van der Waals surface area contributed by atoms with Crippen molar-refractivity contribution in [2.24, 2.45) is 11.1 Å². The second-order valence-corrected chi connectivity index (χ2v) is 8.20. The fourth-order valence-electron chi connectivity index (χ4n) is 3.09. The molecule has 3 amide bonds. The maximum absolute atomic E-state index is 12.6. The number of anilines is 2. The highest BCUT2D eigenvalue weighted by Gasteiger charge is 2.28. The average molecular weight is 402 g/mol. The lowest BCUT2D eigenvalue weighted by atomic mass is 9.97. The molecule has 8 nitrogen and oxygen atoms in total. The lowest BCUT2D eigenvalue weighted by Gasteiger charge is -2.32. The summed E-state index contributed by atoms with van der Waals surface area (Å²) in [6.45, 7) is 0.864. The molecule has 0 unspecified atom stereocenters. The van der Waals surface area contributed by atoms with Crippen LogP contribution in [0.15, 0.2) is 59.5 Å². The SMILES string of the molecule is NS(=O)(=O)c1cccc(NC(=O)[C@@H]2CCCN(C(=O)Nc3ccccc3)C2)c1. The van der Waals surface area contributed by atoms with Gasteiger partial charge in [-0.2, -0.15) is 0 Å². The molecule has 1 heterocycles. The number of nitrogens with one attached hydrogen (secondary N) is 2. The third-order valence-corrected chi connectivity index (χ3v) is 5.45. The Morgan fingerprint density at radius 2 is 1.71 bits per heavy atom. The molecule has 0 radical (unpaired) electrons. The van der Waals surface area contributed by atoms with Gasteiger partial charge in [0, 0.05) is 24.5 Å². The Morgan fingerprint density at radius 1 is 1.00 bits per heavy atom. The minimum atomic E-state index is -3.85. The highest BCUT2D eigenvalue weighted by Crippen LogP contribution is 2.21. The van der Waals surface area contributed by atoms with Crippen LogP contribution < -0.4 is 15.8 Å². The molecule has 1 atom stereocenters. The van der Waals surface area contributed by atoms with Crippen molar-refractivity contribution in [3.63, 3.8) is 0 Å². The molecule has 2 aromatic rings. The Labute approximate surface area is 163 Å². The minimum Gasteiger partial charge on any atom is -0.326 e. The topological polar surface area (TPSA) is 122 Å². The molecule has 1 aliphatic heterocycles. The van der Waals surface area contributed by atoms with Gasteiger partial charge in [-0.25, -0.2) is 18.4 Å². The van der Waals surface area contributed by atoms with E-state index in [9.17, 15) is 18.0 Å². The van der Waals surface area contributed by atoms with E-state index in [-0.39, 0.29) is 22.8 Å². The molecule has 1 saturated heterocycles. The molecule has 148 valence electrons. The van der Waals surface area contributed by atoms with Gasteiger partial charge in [0.1, 0.15) is 0 Å². The van der Waals surface area contributed by atoms with Gasteiger partial charge in [-0.15, -0.1) is 0 Å². The van der Waals surface area contributed by atoms with Crippen LogP contribution in [0.5, 0.6) is 0 Å². The maximum atomic E-state index is 12.6. The van der Waals surface area contributed by atoms with Gasteiger partial charge in [0.25, 0.3) is 0 Å². The molecule has 9 heteroatoms. The molecular formula is C19H22N4O4S. The Morgan fingerprint density at radius 3 is 2.43 bits per heavy atom. The summed E-state index contributed by atoms with van der Waals surface area (Å²) in [6.07, 6.45) is 1.35. The van der Waals surface area contributed by atoms with Crippen molar-refractivity contribution in [1.29, 1.82) is 0 Å². The van der Waals surface area contributed by atoms with Crippen LogP contribution in [-0.4, -0.2) is 38.3 Å². The first-order valence-electron chi connectivity index (χ1n) is 8.87. The Bertz CT molecular complexity index is 963. The van der Waals surface area contributed by atoms with E-state index in [2.05, 4.69) is 10.6 Å². The summed E-state index contributed by atoms with van der Waals surface area (Å²) in [6, 6.07) is 14.6. The second kappa shape index (κ2) is 8.41. The zero-order valence-corrected chi connectivity index (χ0v) is 16.0. The highest BCUT2D eigenvalue weighted by atomic mass is 32.2. The van der Waals surface area contributed by atoms with Crippen molar-refractivity contribution in [3.05, 3.63) is 54.6 Å². The second-order valence-electron chi connectivity index (χ2n) is 6.64. The Hall–Kier alpha value is -2.91. The third-order valence-electron chi connectivity index (χ3n) is 4.53. The van der Waals surface area contributed by atoms with Crippen LogP contribution in [0.1, 0.15) is 12.8 Å². The van der Waals surface area contributed by atoms with E-state index in [4.69, 9.17) is 5.14 Å². The molecule has 2 aromatic carbocycles. The number of primary sulfonamides is 1. The number of hydrogen-bond acceptors (Lipinski definition) is 4. The van der Waals surface area contributed by atoms with E-state index in [1.165, 1.54) is 18.2 Å². The quantitative estimate of drug-likeness (QED) is 0.726. The van der Waals surface area contributed by atoms with E-state index in [0.29, 0.717) is 37.3 Å². The molecule has 0 saturated carbocycles. The number of piperidine rings is 1. The fraction of sp³-hybridized carbons (Fsp3) is 0.263. The number of nitrogens with zero attached hydrogens (tertiary/aromatic N) is 1. The normalized spacial score (nSPS) is 17.0. The summed E-state index contributed by atoms with van der Waals surface area (Å²) in [5.41, 5.74) is 1.04. The zero-order valence-electron chi connectivity index (χ0n) is 15.2. The molecule has 1 fully saturated rings. The Balaban J connectivity index is 1.62. The minimum absolute atomic E-state index is 0.0715. The maximum Gasteiger partial charge on any atom is 0.321 e. The van der Waals surface area contributed by atoms with E-state index >= 15 is 0 Å². The number of nitrogens with two attached hydrogens (primary N) is 1. The lowest BCUT2D eigenvalue weighted by Crippen LogP contribution is -2.45. The summed E-state index contributed by atoms with van der Waals surface area (Å²) < 4.78 is 22.9. The number of carbonyl (C=O) groups is 2. The number of amides is 3. The number of urea groups is 1. The largest absolute Gasteiger partial charge is 0.326 e. The van der Waals surface area contributed by atoms with Crippen LogP contribution >= 0.6 is 0 Å². The molecule has 0 spiro atoms. The molecule has 1 aliphatic rings. The van der Waals surface area contributed by atoms with Crippen LogP contribution in [0.3, 0.4) is 0 Å². The molecule has 28 heavy (non-hydrogen) atoms. The first-order valence-corrected chi connectivity index (χ1v) is 10.4. The van der Waals surface area contributed by atoms with E-state index in [1.54, 1.807) is 23.1 Å². The van der Waals surface area contributed by atoms with Gasteiger partial charge in [-0.05, 0) is 43.2 Å². The number of hydrogen-bond donors (Lipinski definition) is 3. The molecule has 0 bridgehead atoms. The summed E-state index contributed by atoms with van der Waals surface area (Å²) in [5.74, 6) is -0.641. The number of carbonyl (C=O) groups excluding carboxylic acids is 2. The van der Waals surface area contributed by atoms with Crippen molar-refractivity contribution in [3.8, 4) is 0 Å². The average Bonchev–Trinajstić information content (AvgIpc) is 2.68. The van der Waals surface area contributed by atoms with Crippen LogP contribution in [0.4, 0.5) is 16.2 Å². The number of rotatable bonds is 4. The van der Waals surface area contributed by atoms with Gasteiger partial charge in [-0.3, -0.25) is 4.79 Å². The number of benzene rings is 2. The predicted octanol–water partition coefficient (Wildman–Crippen LogP) is 2.22. The monoisotopic (exact) mass is 402 g/mol. The van der Waals surface area contributed by atoms with Gasteiger partial charge in [0.2, 0.25) is 15.9 Å². The van der Waals surface area contributed by atoms with Crippen molar-refractivity contribution < 1.29 is 18.0 Å². The van der Waals surface area contributed by atoms with Gasteiger partial charge in [-0.1, -0.05) is 24.3 Å². The number of sulfonamides is 1. The Kier molecular flexibility index (Phi) is 5.96. The molecule has 0 aromatic heterocycles. The van der Waals surface area contributed by atoms with Crippen LogP contribution in [0.2, 0.25) is 0 Å². The van der Waals surface area contributed by atoms with Crippen LogP contribution in [0, 0.1) is 5.92 Å². The number of likely N-dealkylation sites (tertiary alicyclic amines) is 1. The van der Waals surface area contributed by atoms with Crippen molar-refractivity contribution in [2.45, 2.75) is 17.7 Å². The number of para-hydroxylation sites is 1. The summed E-state index contributed by atoms with van der Waals surface area (Å²) in [5, 5.41) is 10.7. The predicted molar refractivity (Wildman–Crippen MR) is 106 cm³/mol. The van der Waals surface area contributed by atoms with Crippen molar-refractivity contribution >= 4 is 33.3 Å². The first kappa shape index (κ1) is 19.8.